The van der Waals surface area contributed by atoms with Crippen LogP contribution in [0.1, 0.15) is 44.2 Å². The van der Waals surface area contributed by atoms with Gasteiger partial charge in [-0.15, -0.1) is 23.3 Å². The Labute approximate surface area is 193 Å². The molecule has 1 aromatic rings. The Morgan fingerprint density at radius 2 is 2.25 bits per heavy atom. The first-order valence-electron chi connectivity index (χ1n) is 8.46. The number of aldehydes is 1. The van der Waals surface area contributed by atoms with E-state index in [4.69, 9.17) is 0 Å². The minimum absolute atomic E-state index is 0.0894. The normalized spacial score (nSPS) is 16.5. The molecule has 0 spiro atoms. The van der Waals surface area contributed by atoms with E-state index in [1.807, 2.05) is 20.0 Å². The molecule has 1 fully saturated rings. The molecule has 0 radical (unpaired) electrons. The van der Waals surface area contributed by atoms with Gasteiger partial charge < -0.3 is 19.8 Å². The molecule has 2 heterocycles. The van der Waals surface area contributed by atoms with Gasteiger partial charge in [0.25, 0.3) is 0 Å². The van der Waals surface area contributed by atoms with Crippen LogP contribution in [0.5, 0.6) is 0 Å². The number of likely N-dealkylation sites (tertiary alicyclic amines) is 1. The standard InChI is InChI=1S/C10H12IN3S.C7H13NO3.H2S2/c1-14-5-2-3-9(14)10-12-7-8(13-10)4-6-15-11;1-5(2)6(4-9)8-7(10)11-3;1-2/h7,9H,2-3,5H2,1H3,(H,12,13);4-6H,1-3H3,(H,8,10);1-2H. The third-order valence-electron chi connectivity index (χ3n) is 3.99. The molecule has 0 saturated carbocycles. The summed E-state index contributed by atoms with van der Waals surface area (Å²) in [7, 11) is 4.90. The maximum atomic E-state index is 10.6. The van der Waals surface area contributed by atoms with Crippen LogP contribution >= 0.6 is 53.5 Å². The highest BCUT2D eigenvalue weighted by atomic mass is 127. The highest BCUT2D eigenvalue weighted by Gasteiger charge is 2.24. The summed E-state index contributed by atoms with van der Waals surface area (Å²) in [5, 5.41) is 5.33. The van der Waals surface area contributed by atoms with Gasteiger partial charge in [0, 0.05) is 21.2 Å². The number of aromatic nitrogens is 2. The van der Waals surface area contributed by atoms with E-state index in [1.54, 1.807) is 0 Å². The lowest BCUT2D eigenvalue weighted by Crippen LogP contribution is -2.39. The molecule has 0 bridgehead atoms. The summed E-state index contributed by atoms with van der Waals surface area (Å²) in [4.78, 5) is 30.9. The van der Waals surface area contributed by atoms with Crippen molar-refractivity contribution in [3.8, 4) is 11.2 Å². The number of carbonyl (C=O) groups is 2. The minimum Gasteiger partial charge on any atom is -0.453 e. The average molecular weight is 559 g/mol. The van der Waals surface area contributed by atoms with E-state index in [-0.39, 0.29) is 5.92 Å². The van der Waals surface area contributed by atoms with Gasteiger partial charge in [0.1, 0.15) is 17.8 Å². The molecule has 7 nitrogen and oxygen atoms in total. The Balaban J connectivity index is 0.000000502. The molecule has 1 aliphatic heterocycles. The second kappa shape index (κ2) is 16.3. The van der Waals surface area contributed by atoms with E-state index in [9.17, 15) is 9.59 Å². The van der Waals surface area contributed by atoms with Crippen molar-refractivity contribution in [2.24, 2.45) is 5.92 Å². The van der Waals surface area contributed by atoms with Crippen molar-refractivity contribution in [2.45, 2.75) is 38.8 Å². The second-order valence-electron chi connectivity index (χ2n) is 6.17. The van der Waals surface area contributed by atoms with Gasteiger partial charge in [-0.2, -0.15) is 0 Å². The summed E-state index contributed by atoms with van der Waals surface area (Å²) in [6, 6.07) is -0.00439. The first kappa shape index (κ1) is 27.5. The molecule has 2 rings (SSSR count). The van der Waals surface area contributed by atoms with Gasteiger partial charge in [-0.25, -0.2) is 9.78 Å². The largest absolute Gasteiger partial charge is 0.453 e. The molecule has 28 heavy (non-hydrogen) atoms. The zero-order chi connectivity index (χ0) is 21.5. The first-order valence-corrected chi connectivity index (χ1v) is 13.4. The molecule has 2 atom stereocenters. The van der Waals surface area contributed by atoms with Crippen molar-refractivity contribution in [2.75, 3.05) is 20.7 Å². The zero-order valence-electron chi connectivity index (χ0n) is 16.3. The third kappa shape index (κ3) is 10.3. The predicted octanol–water partition coefficient (Wildman–Crippen LogP) is 3.90. The molecule has 0 aliphatic carbocycles. The molecule has 1 amide bonds. The fraction of sp³-hybridized carbons (Fsp3) is 0.588. The van der Waals surface area contributed by atoms with Crippen LogP contribution in [0.15, 0.2) is 6.20 Å². The molecule has 1 aliphatic rings. The molecule has 0 aromatic carbocycles. The van der Waals surface area contributed by atoms with Crippen molar-refractivity contribution in [3.05, 3.63) is 17.7 Å². The number of amides is 1. The summed E-state index contributed by atoms with van der Waals surface area (Å²) >= 11 is 8.61. The van der Waals surface area contributed by atoms with Crippen LogP contribution in [0.2, 0.25) is 0 Å². The number of rotatable bonds is 4. The van der Waals surface area contributed by atoms with Crippen molar-refractivity contribution < 1.29 is 14.3 Å². The van der Waals surface area contributed by atoms with E-state index in [0.717, 1.165) is 18.1 Å². The van der Waals surface area contributed by atoms with Gasteiger partial charge >= 0.3 is 6.09 Å². The van der Waals surface area contributed by atoms with Gasteiger partial charge in [-0.3, -0.25) is 4.90 Å². The third-order valence-corrected chi connectivity index (χ3v) is 4.83. The SMILES string of the molecule is CN1CCCC1c1ncc(C#CSI)[nH]1.COC(=O)NC(C=O)C(C)C.SS. The van der Waals surface area contributed by atoms with E-state index < -0.39 is 12.1 Å². The summed E-state index contributed by atoms with van der Waals surface area (Å²) in [6.45, 7) is 4.85. The van der Waals surface area contributed by atoms with Crippen LogP contribution in [0, 0.1) is 17.1 Å². The quantitative estimate of drug-likeness (QED) is 0.148. The minimum atomic E-state index is -0.573. The number of H-pyrrole nitrogens is 1. The molecule has 2 N–H and O–H groups in total. The lowest BCUT2D eigenvalue weighted by Gasteiger charge is -2.16. The van der Waals surface area contributed by atoms with Crippen molar-refractivity contribution in [1.29, 1.82) is 0 Å². The van der Waals surface area contributed by atoms with Crippen LogP contribution in [-0.4, -0.2) is 54.0 Å². The number of imidazole rings is 1. The van der Waals surface area contributed by atoms with E-state index >= 15 is 0 Å². The summed E-state index contributed by atoms with van der Waals surface area (Å²) < 4.78 is 4.32. The van der Waals surface area contributed by atoms with Crippen LogP contribution < -0.4 is 5.32 Å². The van der Waals surface area contributed by atoms with Gasteiger partial charge in [0.2, 0.25) is 0 Å². The highest BCUT2D eigenvalue weighted by molar-refractivity contribution is 14.2. The monoisotopic (exact) mass is 558 g/mol. The topological polar surface area (TPSA) is 87.3 Å². The number of ether oxygens (including phenoxy) is 1. The lowest BCUT2D eigenvalue weighted by atomic mass is 10.1. The number of nitrogens with zero attached hydrogens (tertiary/aromatic N) is 2. The Morgan fingerprint density at radius 1 is 1.57 bits per heavy atom. The Kier molecular flexibility index (Phi) is 15.9. The number of aromatic amines is 1. The van der Waals surface area contributed by atoms with Gasteiger partial charge in [0.15, 0.2) is 0 Å². The molecular weight excluding hydrogens is 531 g/mol. The van der Waals surface area contributed by atoms with Crippen molar-refractivity contribution in [3.63, 3.8) is 0 Å². The molecule has 11 heteroatoms. The number of carbonyl (C=O) groups excluding carboxylic acids is 2. The highest BCUT2D eigenvalue weighted by Crippen LogP contribution is 2.27. The Hall–Kier alpha value is -0.550. The van der Waals surface area contributed by atoms with Gasteiger partial charge in [-0.1, -0.05) is 13.8 Å². The van der Waals surface area contributed by atoms with Crippen LogP contribution in [-0.2, 0) is 9.53 Å². The molecule has 1 aromatic heterocycles. The zero-order valence-corrected chi connectivity index (χ0v) is 21.1. The first-order chi connectivity index (χ1) is 13.4. The number of thiol groups is 2. The summed E-state index contributed by atoms with van der Waals surface area (Å²) in [5.41, 5.74) is 0.912. The number of methoxy groups -OCH3 is 1. The Bertz CT molecular complexity index is 649. The average Bonchev–Trinajstić information content (AvgIpc) is 3.34. The lowest BCUT2D eigenvalue weighted by molar-refractivity contribution is -0.110. The van der Waals surface area contributed by atoms with E-state index in [0.29, 0.717) is 12.3 Å². The maximum Gasteiger partial charge on any atom is 0.407 e. The molecular formula is C17H27IN4O3S3. The fourth-order valence-electron chi connectivity index (χ4n) is 2.45. The van der Waals surface area contributed by atoms with E-state index in [2.05, 4.69) is 87.7 Å². The second-order valence-corrected chi connectivity index (χ2v) is 7.85. The number of nitrogens with one attached hydrogen (secondary N) is 2. The number of halogens is 1. The molecule has 2 unspecified atom stereocenters. The molecule has 158 valence electrons. The Morgan fingerprint density at radius 3 is 2.71 bits per heavy atom. The smallest absolute Gasteiger partial charge is 0.407 e. The summed E-state index contributed by atoms with van der Waals surface area (Å²) in [5.74, 6) is 4.16. The van der Waals surface area contributed by atoms with Gasteiger partial charge in [-0.05, 0) is 52.5 Å². The maximum absolute atomic E-state index is 10.6. The number of alkyl carbamates (subject to hydrolysis) is 1. The predicted molar refractivity (Wildman–Crippen MR) is 130 cm³/mol. The van der Waals surface area contributed by atoms with Crippen molar-refractivity contribution in [1.82, 2.24) is 20.2 Å². The number of hydrogen-bond donors (Lipinski definition) is 4. The number of hydrogen-bond acceptors (Lipinski definition) is 8. The molecule has 1 saturated heterocycles. The van der Waals surface area contributed by atoms with Crippen LogP contribution in [0.25, 0.3) is 0 Å². The van der Waals surface area contributed by atoms with E-state index in [1.165, 1.54) is 28.9 Å². The van der Waals surface area contributed by atoms with Crippen molar-refractivity contribution >= 4 is 65.8 Å². The fourth-order valence-corrected chi connectivity index (χ4v) is 2.93. The van der Waals surface area contributed by atoms with Crippen LogP contribution in [0.4, 0.5) is 4.79 Å². The summed E-state index contributed by atoms with van der Waals surface area (Å²) in [6.07, 6.45) is 4.39. The van der Waals surface area contributed by atoms with Crippen LogP contribution in [0.3, 0.4) is 0 Å². The van der Waals surface area contributed by atoms with Gasteiger partial charge in [0.05, 0.1) is 25.4 Å².